The van der Waals surface area contributed by atoms with E-state index >= 15 is 0 Å². The molecule has 11 nitrogen and oxygen atoms in total. The molecule has 4 aromatic rings. The largest absolute Gasteiger partial charge is 0.497 e. The van der Waals surface area contributed by atoms with Gasteiger partial charge in [-0.2, -0.15) is 0 Å². The van der Waals surface area contributed by atoms with Crippen molar-refractivity contribution in [1.82, 2.24) is 24.8 Å². The Balaban J connectivity index is 0.00000323. The fraction of sp³-hybridized carbons (Fsp3) is 0.333. The number of rotatable bonds is 10. The van der Waals surface area contributed by atoms with E-state index in [0.29, 0.717) is 11.3 Å². The lowest BCUT2D eigenvalue weighted by molar-refractivity contribution is -0.135. The molecule has 5 N–H and O–H groups in total. The number of imidazole rings is 1. The molecular weight excluding hydrogens is 593 g/mol. The van der Waals surface area contributed by atoms with Crippen molar-refractivity contribution in [1.29, 1.82) is 0 Å². The van der Waals surface area contributed by atoms with Gasteiger partial charge in [0.25, 0.3) is 5.91 Å². The highest BCUT2D eigenvalue weighted by atomic mass is 35.5. The van der Waals surface area contributed by atoms with Crippen molar-refractivity contribution >= 4 is 59.3 Å². The number of para-hydroxylation sites is 1. The maximum atomic E-state index is 13.6. The van der Waals surface area contributed by atoms with Crippen molar-refractivity contribution < 1.29 is 19.1 Å². The maximum absolute atomic E-state index is 13.6. The quantitative estimate of drug-likeness (QED) is 0.211. The lowest BCUT2D eigenvalue weighted by atomic mass is 9.90. The first-order valence-corrected chi connectivity index (χ1v) is 13.2. The predicted molar refractivity (Wildman–Crippen MR) is 172 cm³/mol. The molecule has 0 saturated carbocycles. The van der Waals surface area contributed by atoms with Gasteiger partial charge < -0.3 is 35.6 Å². The van der Waals surface area contributed by atoms with E-state index in [2.05, 4.69) is 20.6 Å². The van der Waals surface area contributed by atoms with Gasteiger partial charge in [0, 0.05) is 43.8 Å². The monoisotopic (exact) mass is 631 g/mol. The number of carbonyl (C=O) groups is 3. The molecular formula is C30H39Cl2N7O4. The summed E-state index contributed by atoms with van der Waals surface area (Å²) < 4.78 is 6.93. The third-order valence-corrected chi connectivity index (χ3v) is 7.13. The average Bonchev–Trinajstić information content (AvgIpc) is 3.58. The highest BCUT2D eigenvalue weighted by molar-refractivity contribution is 5.98. The molecule has 0 fully saturated rings. The number of amides is 3. The van der Waals surface area contributed by atoms with Gasteiger partial charge in [-0.05, 0) is 50.1 Å². The maximum Gasteiger partial charge on any atom is 0.252 e. The molecule has 232 valence electrons. The molecule has 2 aromatic heterocycles. The van der Waals surface area contributed by atoms with Crippen LogP contribution in [0.5, 0.6) is 5.75 Å². The minimum atomic E-state index is -1.19. The number of fused-ring (bicyclic) bond motifs is 1. The summed E-state index contributed by atoms with van der Waals surface area (Å²) in [6.45, 7) is 4.94. The van der Waals surface area contributed by atoms with Gasteiger partial charge in [-0.3, -0.25) is 14.4 Å². The molecule has 0 spiro atoms. The van der Waals surface area contributed by atoms with Crippen LogP contribution in [0, 0.1) is 0 Å². The number of nitrogens with one attached hydrogen (secondary N) is 3. The van der Waals surface area contributed by atoms with Crippen LogP contribution in [0.1, 0.15) is 31.9 Å². The molecule has 0 aliphatic heterocycles. The Bertz CT molecular complexity index is 1560. The summed E-state index contributed by atoms with van der Waals surface area (Å²) in [7, 11) is 4.94. The van der Waals surface area contributed by atoms with E-state index in [1.54, 1.807) is 64.9 Å². The zero-order valence-electron chi connectivity index (χ0n) is 25.0. The van der Waals surface area contributed by atoms with Crippen LogP contribution in [0.3, 0.4) is 0 Å². The van der Waals surface area contributed by atoms with E-state index in [0.717, 1.165) is 16.5 Å². The summed E-state index contributed by atoms with van der Waals surface area (Å²) in [5.41, 5.74) is 6.17. The first kappa shape index (κ1) is 35.1. The summed E-state index contributed by atoms with van der Waals surface area (Å²) in [5.74, 6) is -0.232. The molecule has 0 aliphatic rings. The Morgan fingerprint density at radius 3 is 2.33 bits per heavy atom. The van der Waals surface area contributed by atoms with E-state index in [4.69, 9.17) is 10.5 Å². The van der Waals surface area contributed by atoms with Crippen molar-refractivity contribution in [3.8, 4) is 5.75 Å². The van der Waals surface area contributed by atoms with Crippen molar-refractivity contribution in [3.63, 3.8) is 0 Å². The number of aromatic nitrogens is 3. The van der Waals surface area contributed by atoms with Crippen LogP contribution in [0.2, 0.25) is 0 Å². The number of aromatic amines is 1. The number of methoxy groups -OCH3 is 1. The van der Waals surface area contributed by atoms with Crippen molar-refractivity contribution in [2.45, 2.75) is 44.3 Å². The number of halogens is 2. The average molecular weight is 633 g/mol. The second-order valence-electron chi connectivity index (χ2n) is 11.0. The smallest absolute Gasteiger partial charge is 0.252 e. The molecule has 0 bridgehead atoms. The van der Waals surface area contributed by atoms with Gasteiger partial charge in [-0.15, -0.1) is 24.8 Å². The minimum Gasteiger partial charge on any atom is -0.497 e. The number of nitrogens with zero attached hydrogens (tertiary/aromatic N) is 3. The van der Waals surface area contributed by atoms with E-state index in [-0.39, 0.29) is 43.0 Å². The zero-order chi connectivity index (χ0) is 29.9. The van der Waals surface area contributed by atoms with Crippen LogP contribution in [-0.4, -0.2) is 69.9 Å². The molecule has 0 radical (unpaired) electrons. The number of ether oxygens (including phenoxy) is 1. The van der Waals surface area contributed by atoms with E-state index in [1.807, 2.05) is 42.6 Å². The fourth-order valence-corrected chi connectivity index (χ4v) is 4.65. The Labute approximate surface area is 263 Å². The molecule has 0 saturated heterocycles. The highest BCUT2D eigenvalue weighted by Crippen LogP contribution is 2.30. The molecule has 13 heteroatoms. The number of likely N-dealkylation sites (N-methyl/N-ethyl adjacent to an activating group) is 1. The number of benzene rings is 2. The standard InChI is InChI=1S/C30H37N7O4.2ClH/c1-29(2,31)27(39)34-24(15-19-16-32-23-10-8-7-9-22(19)23)26(38)35-25-17-37(18-33-25)30(3,28(40)36(4)5)20-11-13-21(41-6)14-12-20;;/h7-14,16-18,24,32H,15,31H2,1-6H3,(H,34,39)(H,35,38);2*1H/t24-,30?;;/m1../s1. The summed E-state index contributed by atoms with van der Waals surface area (Å²) in [5, 5.41) is 6.55. The van der Waals surface area contributed by atoms with Crippen molar-refractivity contribution in [2.75, 3.05) is 26.5 Å². The highest BCUT2D eigenvalue weighted by Gasteiger charge is 2.39. The second kappa shape index (κ2) is 13.9. The number of hydrogen-bond donors (Lipinski definition) is 4. The van der Waals surface area contributed by atoms with Gasteiger partial charge in [-0.1, -0.05) is 30.3 Å². The van der Waals surface area contributed by atoms with E-state index in [1.165, 1.54) is 11.2 Å². The molecule has 3 amide bonds. The Morgan fingerprint density at radius 1 is 1.07 bits per heavy atom. The van der Waals surface area contributed by atoms with E-state index < -0.39 is 28.9 Å². The Hall–Kier alpha value is -4.06. The SMILES string of the molecule is COc1ccc(C(C)(C(=O)N(C)C)n2cnc(NC(=O)[C@@H](Cc3c[nH]c4ccccc34)NC(=O)C(C)(C)N)c2)cc1.Cl.Cl. The Kier molecular flexibility index (Phi) is 11.4. The third kappa shape index (κ3) is 7.48. The summed E-state index contributed by atoms with van der Waals surface area (Å²) in [6.07, 6.45) is 5.14. The molecule has 2 aromatic carbocycles. The van der Waals surface area contributed by atoms with Gasteiger partial charge >= 0.3 is 0 Å². The van der Waals surface area contributed by atoms with Gasteiger partial charge in [-0.25, -0.2) is 4.98 Å². The topological polar surface area (TPSA) is 147 Å². The van der Waals surface area contributed by atoms with Crippen LogP contribution >= 0.6 is 24.8 Å². The number of anilines is 1. The molecule has 0 aliphatic carbocycles. The molecule has 43 heavy (non-hydrogen) atoms. The zero-order valence-corrected chi connectivity index (χ0v) is 26.6. The molecule has 1 unspecified atom stereocenters. The predicted octanol–water partition coefficient (Wildman–Crippen LogP) is 3.47. The fourth-order valence-electron chi connectivity index (χ4n) is 4.65. The number of H-pyrrole nitrogens is 1. The van der Waals surface area contributed by atoms with Crippen LogP contribution in [0.15, 0.2) is 67.3 Å². The first-order chi connectivity index (χ1) is 19.3. The summed E-state index contributed by atoms with van der Waals surface area (Å²) in [6, 6.07) is 14.0. The lowest BCUT2D eigenvalue weighted by Gasteiger charge is -2.33. The van der Waals surface area contributed by atoms with E-state index in [9.17, 15) is 14.4 Å². The van der Waals surface area contributed by atoms with Gasteiger partial charge in [0.05, 0.1) is 19.0 Å². The third-order valence-electron chi connectivity index (χ3n) is 7.13. The summed E-state index contributed by atoms with van der Waals surface area (Å²) in [4.78, 5) is 48.9. The first-order valence-electron chi connectivity index (χ1n) is 13.2. The summed E-state index contributed by atoms with van der Waals surface area (Å²) >= 11 is 0. The Morgan fingerprint density at radius 2 is 1.72 bits per heavy atom. The molecule has 4 rings (SSSR count). The normalized spacial score (nSPS) is 13.1. The van der Waals surface area contributed by atoms with Gasteiger partial charge in [0.1, 0.15) is 17.3 Å². The minimum absolute atomic E-state index is 0. The lowest BCUT2D eigenvalue weighted by Crippen LogP contribution is -2.55. The second-order valence-corrected chi connectivity index (χ2v) is 11.0. The van der Waals surface area contributed by atoms with Gasteiger partial charge in [0.15, 0.2) is 5.82 Å². The van der Waals surface area contributed by atoms with Crippen LogP contribution in [0.25, 0.3) is 10.9 Å². The number of nitrogens with two attached hydrogens (primary N) is 1. The number of carbonyl (C=O) groups excluding carboxylic acids is 3. The van der Waals surface area contributed by atoms with Crippen LogP contribution < -0.4 is 21.1 Å². The number of hydrogen-bond acceptors (Lipinski definition) is 6. The van der Waals surface area contributed by atoms with Crippen LogP contribution in [0.4, 0.5) is 5.82 Å². The van der Waals surface area contributed by atoms with Gasteiger partial charge in [0.2, 0.25) is 11.8 Å². The van der Waals surface area contributed by atoms with Crippen molar-refractivity contribution in [3.05, 3.63) is 78.4 Å². The molecule has 2 heterocycles. The van der Waals surface area contributed by atoms with Crippen molar-refractivity contribution in [2.24, 2.45) is 5.73 Å². The van der Waals surface area contributed by atoms with Crippen LogP contribution in [-0.2, 0) is 26.3 Å². The molecule has 2 atom stereocenters.